The van der Waals surface area contributed by atoms with Crippen molar-refractivity contribution in [3.05, 3.63) is 33.9 Å². The van der Waals surface area contributed by atoms with Gasteiger partial charge in [0.2, 0.25) is 0 Å². The first-order valence-corrected chi connectivity index (χ1v) is 8.17. The molecule has 1 aromatic rings. The summed E-state index contributed by atoms with van der Waals surface area (Å²) in [5, 5.41) is 14.6. The lowest BCUT2D eigenvalue weighted by atomic mass is 9.98. The molecule has 2 atom stereocenters. The van der Waals surface area contributed by atoms with Crippen LogP contribution in [0.5, 0.6) is 0 Å². The summed E-state index contributed by atoms with van der Waals surface area (Å²) in [5.41, 5.74) is 1.93. The third-order valence-electron chi connectivity index (χ3n) is 4.70. The lowest BCUT2D eigenvalue weighted by molar-refractivity contribution is -0.385. The van der Waals surface area contributed by atoms with Crippen LogP contribution in [-0.4, -0.2) is 11.0 Å². The molecule has 0 saturated heterocycles. The summed E-state index contributed by atoms with van der Waals surface area (Å²) in [6, 6.07) is 6.01. The van der Waals surface area contributed by atoms with Crippen LogP contribution in [0.4, 0.5) is 11.4 Å². The van der Waals surface area contributed by atoms with Gasteiger partial charge >= 0.3 is 0 Å². The number of aryl methyl sites for hydroxylation is 1. The van der Waals surface area contributed by atoms with Crippen LogP contribution in [0, 0.1) is 16.0 Å². The summed E-state index contributed by atoms with van der Waals surface area (Å²) in [6.07, 6.45) is 8.14. The Morgan fingerprint density at radius 1 is 1.24 bits per heavy atom. The Hall–Kier alpha value is -1.58. The molecule has 0 heterocycles. The first-order chi connectivity index (χ1) is 10.1. The second kappa shape index (κ2) is 7.43. The van der Waals surface area contributed by atoms with Crippen molar-refractivity contribution in [2.24, 2.45) is 5.92 Å². The molecule has 1 aliphatic rings. The first-order valence-electron chi connectivity index (χ1n) is 8.17. The molecule has 0 spiro atoms. The van der Waals surface area contributed by atoms with Crippen LogP contribution in [0.25, 0.3) is 0 Å². The summed E-state index contributed by atoms with van der Waals surface area (Å²) < 4.78 is 0. The number of nitrogens with zero attached hydrogens (tertiary/aromatic N) is 1. The molecule has 116 valence electrons. The van der Waals surface area contributed by atoms with Crippen molar-refractivity contribution in [2.45, 2.75) is 64.8 Å². The fourth-order valence-electron chi connectivity index (χ4n) is 3.29. The SMILES string of the molecule is CCc1ccc(NC2CCCC(CC)CC2)cc1[N+](=O)[O-]. The van der Waals surface area contributed by atoms with Gasteiger partial charge in [0.15, 0.2) is 0 Å². The average Bonchev–Trinajstić information content (AvgIpc) is 2.72. The highest BCUT2D eigenvalue weighted by Crippen LogP contribution is 2.29. The Bertz CT molecular complexity index is 488. The zero-order valence-corrected chi connectivity index (χ0v) is 13.1. The highest BCUT2D eigenvalue weighted by molar-refractivity contribution is 5.55. The van der Waals surface area contributed by atoms with Crippen LogP contribution in [0.1, 0.15) is 57.9 Å². The number of nitro benzene ring substituents is 1. The van der Waals surface area contributed by atoms with Gasteiger partial charge in [-0.25, -0.2) is 0 Å². The molecule has 21 heavy (non-hydrogen) atoms. The summed E-state index contributed by atoms with van der Waals surface area (Å²) in [6.45, 7) is 4.22. The Balaban J connectivity index is 2.05. The third kappa shape index (κ3) is 4.19. The number of anilines is 1. The van der Waals surface area contributed by atoms with Crippen LogP contribution in [0.3, 0.4) is 0 Å². The normalized spacial score (nSPS) is 22.6. The maximum absolute atomic E-state index is 11.1. The molecule has 4 nitrogen and oxygen atoms in total. The van der Waals surface area contributed by atoms with E-state index in [0.717, 1.165) is 17.2 Å². The van der Waals surface area contributed by atoms with E-state index in [0.29, 0.717) is 12.5 Å². The van der Waals surface area contributed by atoms with E-state index in [1.165, 1.54) is 38.5 Å². The lowest BCUT2D eigenvalue weighted by Gasteiger charge is -2.18. The Labute approximate surface area is 127 Å². The van der Waals surface area contributed by atoms with Crippen LogP contribution < -0.4 is 5.32 Å². The van der Waals surface area contributed by atoms with Gasteiger partial charge in [-0.15, -0.1) is 0 Å². The van der Waals surface area contributed by atoms with E-state index in [2.05, 4.69) is 12.2 Å². The van der Waals surface area contributed by atoms with Gasteiger partial charge in [0.25, 0.3) is 5.69 Å². The predicted octanol–water partition coefficient (Wildman–Crippen LogP) is 4.93. The second-order valence-electron chi connectivity index (χ2n) is 6.08. The van der Waals surface area contributed by atoms with Crippen molar-refractivity contribution in [1.82, 2.24) is 0 Å². The molecule has 1 aliphatic carbocycles. The highest BCUT2D eigenvalue weighted by atomic mass is 16.6. The van der Waals surface area contributed by atoms with Gasteiger partial charge in [0.1, 0.15) is 0 Å². The molecule has 0 bridgehead atoms. The Morgan fingerprint density at radius 2 is 2.05 bits per heavy atom. The molecular formula is C17H26N2O2. The highest BCUT2D eigenvalue weighted by Gasteiger charge is 2.19. The van der Waals surface area contributed by atoms with E-state index in [4.69, 9.17) is 0 Å². The van der Waals surface area contributed by atoms with E-state index in [9.17, 15) is 10.1 Å². The molecule has 0 radical (unpaired) electrons. The molecule has 2 unspecified atom stereocenters. The van der Waals surface area contributed by atoms with Crippen LogP contribution in [-0.2, 0) is 6.42 Å². The van der Waals surface area contributed by atoms with Crippen molar-refractivity contribution in [2.75, 3.05) is 5.32 Å². The minimum absolute atomic E-state index is 0.238. The summed E-state index contributed by atoms with van der Waals surface area (Å²) >= 11 is 0. The lowest BCUT2D eigenvalue weighted by Crippen LogP contribution is -2.18. The van der Waals surface area contributed by atoms with Gasteiger partial charge in [-0.1, -0.05) is 39.2 Å². The maximum Gasteiger partial charge on any atom is 0.274 e. The van der Waals surface area contributed by atoms with Crippen molar-refractivity contribution in [3.63, 3.8) is 0 Å². The number of nitro groups is 1. The van der Waals surface area contributed by atoms with Crippen LogP contribution >= 0.6 is 0 Å². The van der Waals surface area contributed by atoms with E-state index >= 15 is 0 Å². The molecule has 1 saturated carbocycles. The number of rotatable bonds is 5. The number of hydrogen-bond donors (Lipinski definition) is 1. The Morgan fingerprint density at radius 3 is 2.71 bits per heavy atom. The first kappa shape index (κ1) is 15.8. The smallest absolute Gasteiger partial charge is 0.274 e. The second-order valence-corrected chi connectivity index (χ2v) is 6.08. The largest absolute Gasteiger partial charge is 0.382 e. The van der Waals surface area contributed by atoms with E-state index < -0.39 is 0 Å². The monoisotopic (exact) mass is 290 g/mol. The minimum Gasteiger partial charge on any atom is -0.382 e. The van der Waals surface area contributed by atoms with Crippen molar-refractivity contribution in [1.29, 1.82) is 0 Å². The van der Waals surface area contributed by atoms with Crippen LogP contribution in [0.2, 0.25) is 0 Å². The summed E-state index contributed by atoms with van der Waals surface area (Å²) in [7, 11) is 0. The zero-order chi connectivity index (χ0) is 15.2. The summed E-state index contributed by atoms with van der Waals surface area (Å²) in [4.78, 5) is 10.9. The molecule has 0 aliphatic heterocycles. The third-order valence-corrected chi connectivity index (χ3v) is 4.70. The molecule has 1 N–H and O–H groups in total. The zero-order valence-electron chi connectivity index (χ0n) is 13.1. The topological polar surface area (TPSA) is 55.2 Å². The molecule has 0 amide bonds. The average molecular weight is 290 g/mol. The fraction of sp³-hybridized carbons (Fsp3) is 0.647. The van der Waals surface area contributed by atoms with Gasteiger partial charge in [-0.3, -0.25) is 10.1 Å². The van der Waals surface area contributed by atoms with E-state index in [1.807, 2.05) is 19.1 Å². The molecule has 2 rings (SSSR count). The van der Waals surface area contributed by atoms with Crippen LogP contribution in [0.15, 0.2) is 18.2 Å². The number of hydrogen-bond acceptors (Lipinski definition) is 3. The van der Waals surface area contributed by atoms with E-state index in [-0.39, 0.29) is 10.6 Å². The predicted molar refractivity (Wildman–Crippen MR) is 86.8 cm³/mol. The fourth-order valence-corrected chi connectivity index (χ4v) is 3.29. The standard InChI is InChI=1S/C17H26N2O2/c1-3-13-6-5-7-15(10-8-13)18-16-11-9-14(4-2)17(12-16)19(20)21/h9,11-13,15,18H,3-8,10H2,1-2H3. The number of benzene rings is 1. The molecule has 1 fully saturated rings. The molecular weight excluding hydrogens is 264 g/mol. The Kier molecular flexibility index (Phi) is 5.59. The molecule has 4 heteroatoms. The van der Waals surface area contributed by atoms with Crippen molar-refractivity contribution < 1.29 is 4.92 Å². The molecule has 0 aromatic heterocycles. The van der Waals surface area contributed by atoms with Crippen molar-refractivity contribution in [3.8, 4) is 0 Å². The quantitative estimate of drug-likeness (QED) is 0.475. The van der Waals surface area contributed by atoms with E-state index in [1.54, 1.807) is 6.07 Å². The summed E-state index contributed by atoms with van der Waals surface area (Å²) in [5.74, 6) is 0.855. The van der Waals surface area contributed by atoms with Gasteiger partial charge in [0.05, 0.1) is 4.92 Å². The van der Waals surface area contributed by atoms with Gasteiger partial charge < -0.3 is 5.32 Å². The maximum atomic E-state index is 11.1. The van der Waals surface area contributed by atoms with Gasteiger partial charge in [-0.05, 0) is 37.7 Å². The minimum atomic E-state index is -0.274. The number of nitrogens with one attached hydrogen (secondary N) is 1. The molecule has 1 aromatic carbocycles. The van der Waals surface area contributed by atoms with Crippen molar-refractivity contribution >= 4 is 11.4 Å². The van der Waals surface area contributed by atoms with Gasteiger partial charge in [0, 0.05) is 23.4 Å². The van der Waals surface area contributed by atoms with Gasteiger partial charge in [-0.2, -0.15) is 0 Å².